The Morgan fingerprint density at radius 3 is 1.87 bits per heavy atom. The highest BCUT2D eigenvalue weighted by molar-refractivity contribution is 7.89. The Labute approximate surface area is 218 Å². The zero-order valence-electron chi connectivity index (χ0n) is 21.2. The molecule has 38 heavy (non-hydrogen) atoms. The largest absolute Gasteiger partial charge is 0.484 e. The summed E-state index contributed by atoms with van der Waals surface area (Å²) >= 11 is 0. The molecule has 0 bridgehead atoms. The smallest absolute Gasteiger partial charge is 0.422 e. The van der Waals surface area contributed by atoms with Gasteiger partial charge in [0.15, 0.2) is 13.2 Å². The van der Waals surface area contributed by atoms with E-state index in [9.17, 15) is 34.8 Å². The Hall–Kier alpha value is -2.51. The van der Waals surface area contributed by atoms with E-state index in [4.69, 9.17) is 4.74 Å². The molecule has 2 aromatic rings. The minimum atomic E-state index is -4.75. The average Bonchev–Trinajstić information content (AvgIpc) is 2.81. The van der Waals surface area contributed by atoms with Crippen molar-refractivity contribution < 1.29 is 44.2 Å². The molecule has 0 saturated carbocycles. The molecule has 0 amide bonds. The first-order valence-electron chi connectivity index (χ1n) is 11.8. The van der Waals surface area contributed by atoms with Crippen molar-refractivity contribution in [1.82, 2.24) is 9.21 Å². The Kier molecular flexibility index (Phi) is 8.94. The topological polar surface area (TPSA) is 59.1 Å². The van der Waals surface area contributed by atoms with Crippen LogP contribution in [-0.4, -0.2) is 69.4 Å². The SMILES string of the molecule is CC(C)(C)c1ccc(CN2CCN(S(=O)(=O)c3cc(OCC(F)(F)F)ccc3OCC(F)(F)F)CC2)cc1. The maximum atomic E-state index is 13.4. The zero-order valence-corrected chi connectivity index (χ0v) is 22.0. The number of halogens is 6. The fourth-order valence-electron chi connectivity index (χ4n) is 3.86. The van der Waals surface area contributed by atoms with Crippen LogP contribution in [0.4, 0.5) is 26.3 Å². The van der Waals surface area contributed by atoms with Crippen LogP contribution >= 0.6 is 0 Å². The molecule has 3 rings (SSSR count). The second kappa shape index (κ2) is 11.3. The lowest BCUT2D eigenvalue weighted by molar-refractivity contribution is -0.154. The summed E-state index contributed by atoms with van der Waals surface area (Å²) in [5.41, 5.74) is 2.24. The molecule has 0 N–H and O–H groups in total. The van der Waals surface area contributed by atoms with Crippen LogP contribution in [0.5, 0.6) is 11.5 Å². The number of ether oxygens (including phenoxy) is 2. The number of piperazine rings is 1. The van der Waals surface area contributed by atoms with Gasteiger partial charge in [-0.1, -0.05) is 45.0 Å². The Balaban J connectivity index is 1.74. The quantitative estimate of drug-likeness (QED) is 0.401. The van der Waals surface area contributed by atoms with Gasteiger partial charge >= 0.3 is 12.4 Å². The summed E-state index contributed by atoms with van der Waals surface area (Å²) in [5, 5.41) is 0. The number of hydrogen-bond acceptors (Lipinski definition) is 5. The van der Waals surface area contributed by atoms with Crippen LogP contribution in [0.1, 0.15) is 31.9 Å². The molecule has 1 saturated heterocycles. The van der Waals surface area contributed by atoms with Crippen molar-refractivity contribution in [1.29, 1.82) is 0 Å². The lowest BCUT2D eigenvalue weighted by Crippen LogP contribution is -2.48. The van der Waals surface area contributed by atoms with E-state index in [0.717, 1.165) is 28.1 Å². The minimum absolute atomic E-state index is 0.0102. The first-order valence-corrected chi connectivity index (χ1v) is 13.2. The molecular weight excluding hydrogens is 538 g/mol. The van der Waals surface area contributed by atoms with Crippen molar-refractivity contribution in [2.45, 2.75) is 50.0 Å². The fraction of sp³-hybridized carbons (Fsp3) is 0.520. The van der Waals surface area contributed by atoms with Gasteiger partial charge in [-0.3, -0.25) is 4.90 Å². The molecule has 0 atom stereocenters. The maximum Gasteiger partial charge on any atom is 0.422 e. The molecule has 0 radical (unpaired) electrons. The van der Waals surface area contributed by atoms with Crippen LogP contribution < -0.4 is 9.47 Å². The molecular formula is C25H30F6N2O4S. The van der Waals surface area contributed by atoms with Crippen LogP contribution in [0, 0.1) is 0 Å². The van der Waals surface area contributed by atoms with Gasteiger partial charge < -0.3 is 9.47 Å². The minimum Gasteiger partial charge on any atom is -0.484 e. The van der Waals surface area contributed by atoms with E-state index in [0.29, 0.717) is 19.6 Å². The molecule has 2 aromatic carbocycles. The molecule has 212 valence electrons. The summed E-state index contributed by atoms with van der Waals surface area (Å²) in [6.07, 6.45) is -9.43. The monoisotopic (exact) mass is 568 g/mol. The Morgan fingerprint density at radius 2 is 1.34 bits per heavy atom. The highest BCUT2D eigenvalue weighted by atomic mass is 32.2. The van der Waals surface area contributed by atoms with Gasteiger partial charge in [0, 0.05) is 38.8 Å². The summed E-state index contributed by atoms with van der Waals surface area (Å²) < 4.78 is 113. The second-order valence-corrected chi connectivity index (χ2v) is 11.9. The van der Waals surface area contributed by atoms with E-state index in [1.54, 1.807) is 0 Å². The highest BCUT2D eigenvalue weighted by Crippen LogP contribution is 2.33. The van der Waals surface area contributed by atoms with E-state index in [-0.39, 0.29) is 18.5 Å². The Bertz CT molecular complexity index is 1180. The zero-order chi connectivity index (χ0) is 28.4. The van der Waals surface area contributed by atoms with Crippen molar-refractivity contribution in [3.63, 3.8) is 0 Å². The van der Waals surface area contributed by atoms with E-state index in [1.165, 1.54) is 5.56 Å². The van der Waals surface area contributed by atoms with Gasteiger partial charge in [0.25, 0.3) is 0 Å². The van der Waals surface area contributed by atoms with Gasteiger partial charge in [-0.15, -0.1) is 0 Å². The van der Waals surface area contributed by atoms with Crippen molar-refractivity contribution in [3.8, 4) is 11.5 Å². The third-order valence-corrected chi connectivity index (χ3v) is 7.80. The molecule has 0 spiro atoms. The van der Waals surface area contributed by atoms with Crippen molar-refractivity contribution in [2.24, 2.45) is 0 Å². The Morgan fingerprint density at radius 1 is 0.789 bits per heavy atom. The van der Waals surface area contributed by atoms with Crippen LogP contribution in [0.3, 0.4) is 0 Å². The van der Waals surface area contributed by atoms with Gasteiger partial charge in [-0.25, -0.2) is 8.42 Å². The number of rotatable bonds is 8. The third-order valence-electron chi connectivity index (χ3n) is 5.88. The molecule has 1 heterocycles. The summed E-state index contributed by atoms with van der Waals surface area (Å²) in [6, 6.07) is 10.7. The molecule has 1 aliphatic heterocycles. The predicted octanol–water partition coefficient (Wildman–Crippen LogP) is 5.37. The summed E-state index contributed by atoms with van der Waals surface area (Å²) in [7, 11) is -4.40. The van der Waals surface area contributed by atoms with Gasteiger partial charge in [0.05, 0.1) is 0 Å². The van der Waals surface area contributed by atoms with Crippen LogP contribution in [0.2, 0.25) is 0 Å². The summed E-state index contributed by atoms with van der Waals surface area (Å²) in [5.74, 6) is -1.08. The van der Waals surface area contributed by atoms with Gasteiger partial charge in [0.1, 0.15) is 16.4 Å². The first-order chi connectivity index (χ1) is 17.4. The van der Waals surface area contributed by atoms with E-state index in [1.807, 2.05) is 29.2 Å². The molecule has 0 unspecified atom stereocenters. The number of benzene rings is 2. The van der Waals surface area contributed by atoms with Crippen LogP contribution in [0.15, 0.2) is 47.4 Å². The molecule has 0 aliphatic carbocycles. The average molecular weight is 569 g/mol. The van der Waals surface area contributed by atoms with Crippen LogP contribution in [-0.2, 0) is 22.0 Å². The van der Waals surface area contributed by atoms with Gasteiger partial charge in [0.2, 0.25) is 10.0 Å². The first kappa shape index (κ1) is 30.0. The molecule has 13 heteroatoms. The third kappa shape index (κ3) is 8.50. The maximum absolute atomic E-state index is 13.4. The molecule has 1 fully saturated rings. The number of sulfonamides is 1. The summed E-state index contributed by atoms with van der Waals surface area (Å²) in [4.78, 5) is 1.36. The highest BCUT2D eigenvalue weighted by Gasteiger charge is 2.34. The van der Waals surface area contributed by atoms with E-state index in [2.05, 4.69) is 25.5 Å². The lowest BCUT2D eigenvalue weighted by atomic mass is 9.87. The van der Waals surface area contributed by atoms with Crippen molar-refractivity contribution in [3.05, 3.63) is 53.6 Å². The molecule has 6 nitrogen and oxygen atoms in total. The fourth-order valence-corrected chi connectivity index (χ4v) is 5.43. The van der Waals surface area contributed by atoms with Gasteiger partial charge in [-0.2, -0.15) is 30.6 Å². The second-order valence-electron chi connectivity index (χ2n) is 10.0. The standard InChI is InChI=1S/C25H30F6N2O4S/c1-23(2,3)19-6-4-18(5-7-19)15-32-10-12-33(13-11-32)38(34,35)22-14-20(36-16-24(26,27)28)8-9-21(22)37-17-25(29,30)31/h4-9,14H,10-13,15-17H2,1-3H3. The lowest BCUT2D eigenvalue weighted by Gasteiger charge is -2.34. The van der Waals surface area contributed by atoms with E-state index >= 15 is 0 Å². The van der Waals surface area contributed by atoms with Crippen molar-refractivity contribution >= 4 is 10.0 Å². The number of nitrogens with zero attached hydrogens (tertiary/aromatic N) is 2. The normalized spacial score (nSPS) is 16.4. The number of alkyl halides is 6. The van der Waals surface area contributed by atoms with Crippen molar-refractivity contribution in [2.75, 3.05) is 39.4 Å². The molecule has 1 aliphatic rings. The number of hydrogen-bond donors (Lipinski definition) is 0. The summed E-state index contributed by atoms with van der Waals surface area (Å²) in [6.45, 7) is 4.23. The van der Waals surface area contributed by atoms with Gasteiger partial charge in [-0.05, 0) is 28.7 Å². The predicted molar refractivity (Wildman–Crippen MR) is 129 cm³/mol. The molecule has 0 aromatic heterocycles. The van der Waals surface area contributed by atoms with Crippen LogP contribution in [0.25, 0.3) is 0 Å². The van der Waals surface area contributed by atoms with E-state index < -0.39 is 52.0 Å².